The third-order valence-corrected chi connectivity index (χ3v) is 6.25. The van der Waals surface area contributed by atoms with Crippen LogP contribution in [0.25, 0.3) is 11.2 Å². The summed E-state index contributed by atoms with van der Waals surface area (Å²) in [6, 6.07) is 19.2. The molecule has 1 amide bonds. The summed E-state index contributed by atoms with van der Waals surface area (Å²) in [5.41, 5.74) is 1.45. The highest BCUT2D eigenvalue weighted by Crippen LogP contribution is 2.12. The van der Waals surface area contributed by atoms with Crippen LogP contribution in [0.3, 0.4) is 0 Å². The van der Waals surface area contributed by atoms with E-state index in [-0.39, 0.29) is 25.0 Å². The van der Waals surface area contributed by atoms with Gasteiger partial charge in [0.1, 0.15) is 6.54 Å². The minimum absolute atomic E-state index is 0.0468. The van der Waals surface area contributed by atoms with Gasteiger partial charge in [0, 0.05) is 12.6 Å². The minimum Gasteiger partial charge on any atom is -0.352 e. The predicted octanol–water partition coefficient (Wildman–Crippen LogP) is 3.40. The van der Waals surface area contributed by atoms with E-state index in [4.69, 9.17) is 0 Å². The number of hydrogen-bond donors (Lipinski definition) is 1. The molecule has 1 unspecified atom stereocenters. The Hall–Kier alpha value is -3.94. The third kappa shape index (κ3) is 5.82. The molecule has 36 heavy (non-hydrogen) atoms. The fourth-order valence-corrected chi connectivity index (χ4v) is 4.31. The fourth-order valence-electron chi connectivity index (χ4n) is 4.31. The SMILES string of the molecule is CC(C)CCC(C)NC(=O)Cn1c(=O)c2c(ncn2Cc2ccccc2)n(Cc2ccccc2)c1=O. The zero-order valence-corrected chi connectivity index (χ0v) is 21.1. The molecule has 8 nitrogen and oxygen atoms in total. The van der Waals surface area contributed by atoms with Gasteiger partial charge in [-0.05, 0) is 36.8 Å². The predicted molar refractivity (Wildman–Crippen MR) is 141 cm³/mol. The number of nitrogens with zero attached hydrogens (tertiary/aromatic N) is 4. The van der Waals surface area contributed by atoms with E-state index >= 15 is 0 Å². The molecule has 2 heterocycles. The van der Waals surface area contributed by atoms with Crippen molar-refractivity contribution < 1.29 is 4.79 Å². The summed E-state index contributed by atoms with van der Waals surface area (Å²) in [6.07, 6.45) is 3.40. The van der Waals surface area contributed by atoms with Gasteiger partial charge in [0.2, 0.25) is 5.91 Å². The average molecular weight is 488 g/mol. The van der Waals surface area contributed by atoms with Crippen LogP contribution < -0.4 is 16.6 Å². The molecule has 0 aliphatic carbocycles. The summed E-state index contributed by atoms with van der Waals surface area (Å²) in [6.45, 7) is 6.54. The molecular weight excluding hydrogens is 454 g/mol. The highest BCUT2D eigenvalue weighted by atomic mass is 16.2. The molecule has 0 saturated carbocycles. The van der Waals surface area contributed by atoms with Gasteiger partial charge < -0.3 is 9.88 Å². The molecule has 0 radical (unpaired) electrons. The first-order valence-corrected chi connectivity index (χ1v) is 12.4. The molecule has 8 heteroatoms. The van der Waals surface area contributed by atoms with Crippen LogP contribution in [0.15, 0.2) is 76.6 Å². The topological polar surface area (TPSA) is 90.9 Å². The van der Waals surface area contributed by atoms with Gasteiger partial charge in [0.05, 0.1) is 12.9 Å². The molecule has 2 aromatic heterocycles. The largest absolute Gasteiger partial charge is 0.352 e. The normalized spacial score (nSPS) is 12.2. The van der Waals surface area contributed by atoms with Gasteiger partial charge >= 0.3 is 5.69 Å². The first kappa shape index (κ1) is 25.2. The zero-order valence-electron chi connectivity index (χ0n) is 21.1. The summed E-state index contributed by atoms with van der Waals surface area (Å²) in [5.74, 6) is 0.176. The lowest BCUT2D eigenvalue weighted by Gasteiger charge is -2.16. The third-order valence-electron chi connectivity index (χ3n) is 6.25. The van der Waals surface area contributed by atoms with Crippen molar-refractivity contribution in [2.45, 2.75) is 59.3 Å². The molecular formula is C28H33N5O3. The van der Waals surface area contributed by atoms with Crippen LogP contribution in [0, 0.1) is 5.92 Å². The number of imidazole rings is 1. The standard InChI is InChI=1S/C28H33N5O3/c1-20(2)14-15-21(3)30-24(34)18-33-27(35)25-26(29-19-31(25)16-22-10-6-4-7-11-22)32(28(33)36)17-23-12-8-5-9-13-23/h4-13,19-21H,14-18H2,1-3H3,(H,30,34). The molecule has 1 N–H and O–H groups in total. The number of aromatic nitrogens is 4. The highest BCUT2D eigenvalue weighted by Gasteiger charge is 2.20. The second kappa shape index (κ2) is 11.2. The number of carbonyl (C=O) groups excluding carboxylic acids is 1. The Morgan fingerprint density at radius 1 is 0.861 bits per heavy atom. The molecule has 188 valence electrons. The summed E-state index contributed by atoms with van der Waals surface area (Å²) in [5, 5.41) is 2.93. The van der Waals surface area contributed by atoms with Gasteiger partial charge in [0.25, 0.3) is 5.56 Å². The Bertz CT molecular complexity index is 1440. The number of nitrogens with one attached hydrogen (secondary N) is 1. The van der Waals surface area contributed by atoms with E-state index in [1.165, 1.54) is 4.57 Å². The van der Waals surface area contributed by atoms with Crippen LogP contribution >= 0.6 is 0 Å². The van der Waals surface area contributed by atoms with Gasteiger partial charge in [-0.15, -0.1) is 0 Å². The molecule has 0 aliphatic heterocycles. The minimum atomic E-state index is -0.550. The van der Waals surface area contributed by atoms with Crippen molar-refractivity contribution in [1.82, 2.24) is 24.0 Å². The van der Waals surface area contributed by atoms with Crippen LogP contribution in [0.1, 0.15) is 44.7 Å². The van der Waals surface area contributed by atoms with E-state index in [1.54, 1.807) is 10.9 Å². The molecule has 1 atom stereocenters. The van der Waals surface area contributed by atoms with Gasteiger partial charge in [0.15, 0.2) is 11.2 Å². The maximum absolute atomic E-state index is 13.6. The average Bonchev–Trinajstić information content (AvgIpc) is 3.28. The van der Waals surface area contributed by atoms with Crippen molar-refractivity contribution in [3.05, 3.63) is 99.0 Å². The van der Waals surface area contributed by atoms with Crippen LogP contribution in [0.5, 0.6) is 0 Å². The number of hydrogen-bond acceptors (Lipinski definition) is 4. The monoisotopic (exact) mass is 487 g/mol. The van der Waals surface area contributed by atoms with Crippen LogP contribution in [0.4, 0.5) is 0 Å². The summed E-state index contributed by atoms with van der Waals surface area (Å²) >= 11 is 0. The number of benzene rings is 2. The molecule has 0 spiro atoms. The van der Waals surface area contributed by atoms with Crippen molar-refractivity contribution in [2.24, 2.45) is 5.92 Å². The van der Waals surface area contributed by atoms with E-state index in [9.17, 15) is 14.4 Å². The van der Waals surface area contributed by atoms with Crippen LogP contribution in [-0.2, 0) is 24.4 Å². The summed E-state index contributed by atoms with van der Waals surface area (Å²) in [4.78, 5) is 44.4. The first-order chi connectivity index (χ1) is 17.3. The maximum atomic E-state index is 13.6. The van der Waals surface area contributed by atoms with Crippen LogP contribution in [0.2, 0.25) is 0 Å². The summed E-state index contributed by atoms with van der Waals surface area (Å²) in [7, 11) is 0. The van der Waals surface area contributed by atoms with Crippen molar-refractivity contribution in [1.29, 1.82) is 0 Å². The van der Waals surface area contributed by atoms with Crippen molar-refractivity contribution >= 4 is 17.1 Å². The Labute approximate surface area is 210 Å². The van der Waals surface area contributed by atoms with Gasteiger partial charge in [-0.1, -0.05) is 74.5 Å². The van der Waals surface area contributed by atoms with E-state index in [0.717, 1.165) is 28.5 Å². The lowest BCUT2D eigenvalue weighted by molar-refractivity contribution is -0.122. The smallest absolute Gasteiger partial charge is 0.333 e. The quantitative estimate of drug-likeness (QED) is 0.371. The number of amides is 1. The number of fused-ring (bicyclic) bond motifs is 1. The highest BCUT2D eigenvalue weighted by molar-refractivity contribution is 5.77. The fraction of sp³-hybridized carbons (Fsp3) is 0.357. The van der Waals surface area contributed by atoms with Gasteiger partial charge in [-0.3, -0.25) is 14.2 Å². The van der Waals surface area contributed by atoms with Crippen molar-refractivity contribution in [2.75, 3.05) is 0 Å². The first-order valence-electron chi connectivity index (χ1n) is 12.4. The molecule has 2 aromatic carbocycles. The molecule has 0 bridgehead atoms. The van der Waals surface area contributed by atoms with Crippen LogP contribution in [-0.4, -0.2) is 30.6 Å². The van der Waals surface area contributed by atoms with Crippen molar-refractivity contribution in [3.8, 4) is 0 Å². The lowest BCUT2D eigenvalue weighted by Crippen LogP contribution is -2.45. The van der Waals surface area contributed by atoms with Crippen molar-refractivity contribution in [3.63, 3.8) is 0 Å². The van der Waals surface area contributed by atoms with E-state index in [2.05, 4.69) is 24.1 Å². The van der Waals surface area contributed by atoms with E-state index < -0.39 is 11.2 Å². The second-order valence-electron chi connectivity index (χ2n) is 9.72. The van der Waals surface area contributed by atoms with E-state index in [0.29, 0.717) is 23.6 Å². The Kier molecular flexibility index (Phi) is 7.83. The van der Waals surface area contributed by atoms with Gasteiger partial charge in [-0.25, -0.2) is 14.3 Å². The molecule has 0 aliphatic rings. The Balaban J connectivity index is 1.74. The maximum Gasteiger partial charge on any atom is 0.333 e. The Morgan fingerprint density at radius 3 is 2.08 bits per heavy atom. The molecule has 4 rings (SSSR count). The summed E-state index contributed by atoms with van der Waals surface area (Å²) < 4.78 is 4.25. The second-order valence-corrected chi connectivity index (χ2v) is 9.72. The zero-order chi connectivity index (χ0) is 25.7. The number of carbonyl (C=O) groups is 1. The molecule has 0 saturated heterocycles. The lowest BCUT2D eigenvalue weighted by atomic mass is 10.0. The Morgan fingerprint density at radius 2 is 1.47 bits per heavy atom. The van der Waals surface area contributed by atoms with E-state index in [1.807, 2.05) is 67.6 Å². The molecule has 4 aromatic rings. The number of rotatable bonds is 10. The van der Waals surface area contributed by atoms with Gasteiger partial charge in [-0.2, -0.15) is 0 Å². The molecule has 0 fully saturated rings.